The molecule has 0 aliphatic carbocycles. The molecule has 1 aromatic carbocycles. The molecule has 0 aliphatic rings. The molecule has 0 N–H and O–H groups in total. The van der Waals surface area contributed by atoms with Crippen LogP contribution in [0.15, 0.2) is 53.7 Å². The molecule has 0 saturated carbocycles. The first-order chi connectivity index (χ1) is 8.09. The van der Waals surface area contributed by atoms with E-state index < -0.39 is 10.1 Å². The maximum absolute atomic E-state index is 12.0. The van der Waals surface area contributed by atoms with Crippen LogP contribution in [0.5, 0.6) is 5.75 Å². The first kappa shape index (κ1) is 11.6. The molecule has 88 valence electrons. The molecule has 0 radical (unpaired) electrons. The van der Waals surface area contributed by atoms with Crippen molar-refractivity contribution in [3.63, 3.8) is 0 Å². The normalized spacial score (nSPS) is 11.1. The lowest BCUT2D eigenvalue weighted by molar-refractivity contribution is 0.485. The van der Waals surface area contributed by atoms with Crippen molar-refractivity contribution in [1.82, 2.24) is 4.98 Å². The molecule has 0 bridgehead atoms. The summed E-state index contributed by atoms with van der Waals surface area (Å²) < 4.78 is 29.0. The summed E-state index contributed by atoms with van der Waals surface area (Å²) in [6.07, 6.45) is 2.95. The summed E-state index contributed by atoms with van der Waals surface area (Å²) in [6, 6.07) is 9.68. The predicted octanol–water partition coefficient (Wildman–Crippen LogP) is 2.16. The monoisotopic (exact) mass is 249 g/mol. The highest BCUT2D eigenvalue weighted by molar-refractivity contribution is 7.87. The molecule has 17 heavy (non-hydrogen) atoms. The van der Waals surface area contributed by atoms with Crippen molar-refractivity contribution < 1.29 is 12.6 Å². The number of rotatable bonds is 3. The summed E-state index contributed by atoms with van der Waals surface area (Å²) in [7, 11) is -3.77. The summed E-state index contributed by atoms with van der Waals surface area (Å²) in [6.45, 7) is 1.72. The Morgan fingerprint density at radius 3 is 2.35 bits per heavy atom. The second-order valence-electron chi connectivity index (χ2n) is 3.49. The third kappa shape index (κ3) is 2.62. The smallest absolute Gasteiger partial charge is 0.339 e. The predicted molar refractivity (Wildman–Crippen MR) is 63.2 cm³/mol. The van der Waals surface area contributed by atoms with E-state index in [1.54, 1.807) is 25.1 Å². The third-order valence-electron chi connectivity index (χ3n) is 2.22. The van der Waals surface area contributed by atoms with Crippen molar-refractivity contribution in [2.75, 3.05) is 0 Å². The van der Waals surface area contributed by atoms with E-state index in [0.717, 1.165) is 0 Å². The first-order valence-electron chi connectivity index (χ1n) is 5.00. The van der Waals surface area contributed by atoms with Gasteiger partial charge in [0.25, 0.3) is 0 Å². The SMILES string of the molecule is Cc1ccccc1S(=O)(=O)Oc1ccncc1. The average Bonchev–Trinajstić information content (AvgIpc) is 2.30. The van der Waals surface area contributed by atoms with Crippen LogP contribution in [0.3, 0.4) is 0 Å². The van der Waals surface area contributed by atoms with Crippen molar-refractivity contribution >= 4 is 10.1 Å². The second-order valence-corrected chi connectivity index (χ2v) is 5.00. The minimum atomic E-state index is -3.77. The Kier molecular flexibility index (Phi) is 3.10. The van der Waals surface area contributed by atoms with Gasteiger partial charge in [0.05, 0.1) is 0 Å². The van der Waals surface area contributed by atoms with Crippen LogP contribution < -0.4 is 4.18 Å². The van der Waals surface area contributed by atoms with E-state index >= 15 is 0 Å². The minimum absolute atomic E-state index is 0.178. The summed E-state index contributed by atoms with van der Waals surface area (Å²) in [5.74, 6) is 0.253. The highest BCUT2D eigenvalue weighted by Crippen LogP contribution is 2.19. The Balaban J connectivity index is 2.36. The lowest BCUT2D eigenvalue weighted by Crippen LogP contribution is -2.11. The van der Waals surface area contributed by atoms with Gasteiger partial charge in [-0.05, 0) is 18.6 Å². The molecular formula is C12H11NO3S. The lowest BCUT2D eigenvalue weighted by Gasteiger charge is -2.08. The van der Waals surface area contributed by atoms with Gasteiger partial charge < -0.3 is 4.18 Å². The Morgan fingerprint density at radius 1 is 1.06 bits per heavy atom. The zero-order valence-electron chi connectivity index (χ0n) is 9.20. The highest BCUT2D eigenvalue weighted by Gasteiger charge is 2.18. The maximum atomic E-state index is 12.0. The quantitative estimate of drug-likeness (QED) is 0.782. The van der Waals surface area contributed by atoms with Gasteiger partial charge in [-0.25, -0.2) is 0 Å². The molecule has 0 fully saturated rings. The van der Waals surface area contributed by atoms with E-state index in [-0.39, 0.29) is 10.6 Å². The highest BCUT2D eigenvalue weighted by atomic mass is 32.2. The maximum Gasteiger partial charge on any atom is 0.339 e. The molecule has 0 aliphatic heterocycles. The van der Waals surface area contributed by atoms with Crippen LogP contribution in [0.2, 0.25) is 0 Å². The number of aryl methyl sites for hydroxylation is 1. The van der Waals surface area contributed by atoms with Gasteiger partial charge in [-0.1, -0.05) is 18.2 Å². The van der Waals surface area contributed by atoms with Crippen LogP contribution in [0.25, 0.3) is 0 Å². The van der Waals surface area contributed by atoms with Crippen LogP contribution in [0.1, 0.15) is 5.56 Å². The molecule has 0 amide bonds. The Bertz CT molecular complexity index is 609. The Labute approximate surface area is 100 Å². The van der Waals surface area contributed by atoms with E-state index in [9.17, 15) is 8.42 Å². The van der Waals surface area contributed by atoms with Crippen LogP contribution >= 0.6 is 0 Å². The summed E-state index contributed by atoms with van der Waals surface area (Å²) >= 11 is 0. The zero-order chi connectivity index (χ0) is 12.3. The molecule has 0 unspecified atom stereocenters. The number of aromatic nitrogens is 1. The molecule has 0 atom stereocenters. The molecule has 2 aromatic rings. The molecule has 0 spiro atoms. The van der Waals surface area contributed by atoms with E-state index in [2.05, 4.69) is 4.98 Å². The number of hydrogen-bond donors (Lipinski definition) is 0. The molecule has 5 heteroatoms. The molecule has 2 rings (SSSR count). The number of hydrogen-bond acceptors (Lipinski definition) is 4. The van der Waals surface area contributed by atoms with Gasteiger partial charge in [0.15, 0.2) is 0 Å². The average molecular weight is 249 g/mol. The summed E-state index contributed by atoms with van der Waals surface area (Å²) in [5.41, 5.74) is 0.654. The molecule has 1 aromatic heterocycles. The fraction of sp³-hybridized carbons (Fsp3) is 0.0833. The number of nitrogens with zero attached hydrogens (tertiary/aromatic N) is 1. The number of benzene rings is 1. The van der Waals surface area contributed by atoms with Gasteiger partial charge in [-0.15, -0.1) is 0 Å². The van der Waals surface area contributed by atoms with Crippen molar-refractivity contribution in [3.8, 4) is 5.75 Å². The molecule has 4 nitrogen and oxygen atoms in total. The van der Waals surface area contributed by atoms with E-state index in [0.29, 0.717) is 5.56 Å². The van der Waals surface area contributed by atoms with Crippen molar-refractivity contribution in [2.45, 2.75) is 11.8 Å². The molecule has 0 saturated heterocycles. The third-order valence-corrected chi connectivity index (χ3v) is 3.63. The Hall–Kier alpha value is -1.88. The zero-order valence-corrected chi connectivity index (χ0v) is 10.0. The second kappa shape index (κ2) is 4.55. The van der Waals surface area contributed by atoms with E-state index in [1.807, 2.05) is 0 Å². The molecular weight excluding hydrogens is 238 g/mol. The fourth-order valence-corrected chi connectivity index (χ4v) is 2.56. The Morgan fingerprint density at radius 2 is 1.71 bits per heavy atom. The van der Waals surface area contributed by atoms with Gasteiger partial charge in [0, 0.05) is 24.5 Å². The van der Waals surface area contributed by atoms with Gasteiger partial charge in [0.2, 0.25) is 0 Å². The number of pyridine rings is 1. The van der Waals surface area contributed by atoms with Crippen molar-refractivity contribution in [3.05, 3.63) is 54.4 Å². The standard InChI is InChI=1S/C12H11NO3S/c1-10-4-2-3-5-12(10)17(14,15)16-11-6-8-13-9-7-11/h2-9H,1H3. The van der Waals surface area contributed by atoms with Crippen LogP contribution in [-0.2, 0) is 10.1 Å². The minimum Gasteiger partial charge on any atom is -0.379 e. The molecule has 1 heterocycles. The fourth-order valence-electron chi connectivity index (χ4n) is 1.40. The van der Waals surface area contributed by atoms with Crippen LogP contribution in [0.4, 0.5) is 0 Å². The topological polar surface area (TPSA) is 56.3 Å². The first-order valence-corrected chi connectivity index (χ1v) is 6.40. The van der Waals surface area contributed by atoms with E-state index in [4.69, 9.17) is 4.18 Å². The van der Waals surface area contributed by atoms with Gasteiger partial charge >= 0.3 is 10.1 Å². The lowest BCUT2D eigenvalue weighted by atomic mass is 10.2. The van der Waals surface area contributed by atoms with Crippen LogP contribution in [-0.4, -0.2) is 13.4 Å². The summed E-state index contributed by atoms with van der Waals surface area (Å²) in [5, 5.41) is 0. The van der Waals surface area contributed by atoms with Gasteiger partial charge in [-0.3, -0.25) is 4.98 Å². The van der Waals surface area contributed by atoms with Crippen molar-refractivity contribution in [2.24, 2.45) is 0 Å². The van der Waals surface area contributed by atoms with Gasteiger partial charge in [0.1, 0.15) is 10.6 Å². The summed E-state index contributed by atoms with van der Waals surface area (Å²) in [4.78, 5) is 3.97. The van der Waals surface area contributed by atoms with Crippen LogP contribution in [0, 0.1) is 6.92 Å². The van der Waals surface area contributed by atoms with E-state index in [1.165, 1.54) is 30.6 Å². The van der Waals surface area contributed by atoms with Crippen molar-refractivity contribution in [1.29, 1.82) is 0 Å². The largest absolute Gasteiger partial charge is 0.379 e. The van der Waals surface area contributed by atoms with Gasteiger partial charge in [-0.2, -0.15) is 8.42 Å².